The second-order valence-corrected chi connectivity index (χ2v) is 5.44. The summed E-state index contributed by atoms with van der Waals surface area (Å²) >= 11 is 0. The van der Waals surface area contributed by atoms with Crippen LogP contribution in [0.2, 0.25) is 0 Å². The first-order valence-electron chi connectivity index (χ1n) is 7.69. The number of alkyl halides is 3. The van der Waals surface area contributed by atoms with Crippen molar-refractivity contribution in [3.63, 3.8) is 0 Å². The molecule has 3 rings (SSSR count). The lowest BCUT2D eigenvalue weighted by atomic mass is 10.1. The maximum atomic E-state index is 12.7. The molecule has 3 aromatic rings. The van der Waals surface area contributed by atoms with Crippen LogP contribution in [0.5, 0.6) is 5.88 Å². The highest BCUT2D eigenvalue weighted by atomic mass is 19.4. The number of nitrogens with zero attached hydrogens (tertiary/aromatic N) is 2. The van der Waals surface area contributed by atoms with E-state index in [2.05, 4.69) is 5.10 Å². The van der Waals surface area contributed by atoms with Gasteiger partial charge in [-0.25, -0.2) is 0 Å². The molecular weight excluding hydrogens is 333 g/mol. The molecule has 1 aromatic heterocycles. The summed E-state index contributed by atoms with van der Waals surface area (Å²) < 4.78 is 44.9. The Labute approximate surface area is 141 Å². The van der Waals surface area contributed by atoms with Crippen molar-refractivity contribution in [1.29, 1.82) is 0 Å². The summed E-state index contributed by atoms with van der Waals surface area (Å²) in [5.41, 5.74) is 0.220. The maximum absolute atomic E-state index is 12.7. The Balaban J connectivity index is 2.03. The number of rotatable bonds is 4. The molecule has 0 radical (unpaired) electrons. The Kier molecular flexibility index (Phi) is 4.48. The van der Waals surface area contributed by atoms with Gasteiger partial charge in [0.2, 0.25) is 0 Å². The zero-order valence-electron chi connectivity index (χ0n) is 13.4. The summed E-state index contributed by atoms with van der Waals surface area (Å²) in [5, 5.41) is 4.67. The predicted molar refractivity (Wildman–Crippen MR) is 87.7 cm³/mol. The van der Waals surface area contributed by atoms with Crippen molar-refractivity contribution in [3.05, 3.63) is 69.9 Å². The molecule has 7 heteroatoms. The Hall–Kier alpha value is -2.83. The van der Waals surface area contributed by atoms with Gasteiger partial charge in [0.15, 0.2) is 0 Å². The number of halogens is 3. The van der Waals surface area contributed by atoms with Crippen LogP contribution in [0.3, 0.4) is 0 Å². The number of ether oxygens (including phenoxy) is 1. The molecule has 130 valence electrons. The van der Waals surface area contributed by atoms with Gasteiger partial charge in [0.1, 0.15) is 0 Å². The molecule has 0 amide bonds. The van der Waals surface area contributed by atoms with E-state index in [0.717, 1.165) is 12.1 Å². The molecule has 0 aliphatic heterocycles. The second-order valence-electron chi connectivity index (χ2n) is 5.44. The van der Waals surface area contributed by atoms with E-state index in [9.17, 15) is 18.0 Å². The molecule has 0 fully saturated rings. The summed E-state index contributed by atoms with van der Waals surface area (Å²) in [6, 6.07) is 11.8. The quantitative estimate of drug-likeness (QED) is 0.719. The fraction of sp³-hybridized carbons (Fsp3) is 0.222. The van der Waals surface area contributed by atoms with Crippen molar-refractivity contribution in [2.75, 3.05) is 6.61 Å². The zero-order valence-corrected chi connectivity index (χ0v) is 13.4. The summed E-state index contributed by atoms with van der Waals surface area (Å²) in [6.07, 6.45) is -4.37. The van der Waals surface area contributed by atoms with Crippen LogP contribution in [0.4, 0.5) is 13.2 Å². The molecule has 0 unspecified atom stereocenters. The van der Waals surface area contributed by atoms with Crippen LogP contribution >= 0.6 is 0 Å². The molecule has 0 saturated heterocycles. The summed E-state index contributed by atoms with van der Waals surface area (Å²) in [4.78, 5) is 12.4. The summed E-state index contributed by atoms with van der Waals surface area (Å²) in [5.74, 6) is -0.0203. The summed E-state index contributed by atoms with van der Waals surface area (Å²) in [6.45, 7) is 2.26. The molecule has 0 aliphatic carbocycles. The Morgan fingerprint density at radius 3 is 2.40 bits per heavy atom. The third kappa shape index (κ3) is 3.50. The number of aromatic nitrogens is 2. The molecule has 0 atom stereocenters. The number of para-hydroxylation sites is 1. The van der Waals surface area contributed by atoms with Gasteiger partial charge in [0.05, 0.1) is 29.6 Å². The van der Waals surface area contributed by atoms with Crippen LogP contribution < -0.4 is 10.2 Å². The van der Waals surface area contributed by atoms with Gasteiger partial charge < -0.3 is 4.74 Å². The average molecular weight is 348 g/mol. The van der Waals surface area contributed by atoms with E-state index in [-0.39, 0.29) is 17.9 Å². The van der Waals surface area contributed by atoms with Gasteiger partial charge in [0, 0.05) is 0 Å². The molecule has 0 saturated carbocycles. The van der Waals surface area contributed by atoms with Crippen LogP contribution in [0.25, 0.3) is 10.9 Å². The minimum absolute atomic E-state index is 0.0203. The van der Waals surface area contributed by atoms with E-state index in [1.165, 1.54) is 12.1 Å². The number of benzene rings is 2. The van der Waals surface area contributed by atoms with Crippen molar-refractivity contribution in [3.8, 4) is 5.88 Å². The van der Waals surface area contributed by atoms with E-state index >= 15 is 0 Å². The molecule has 0 aliphatic rings. The number of hydrogen-bond acceptors (Lipinski definition) is 3. The molecule has 25 heavy (non-hydrogen) atoms. The highest BCUT2D eigenvalue weighted by molar-refractivity contribution is 5.79. The van der Waals surface area contributed by atoms with Gasteiger partial charge in [0.25, 0.3) is 11.3 Å². The fourth-order valence-electron chi connectivity index (χ4n) is 2.54. The Bertz CT molecular complexity index is 947. The van der Waals surface area contributed by atoms with Crippen LogP contribution in [0, 0.1) is 0 Å². The molecule has 1 heterocycles. The minimum Gasteiger partial charge on any atom is -0.474 e. The standard InChI is InChI=1S/C18H15F3N2O2/c1-2-25-17-16(24)14-5-3-4-6-15(14)23(22-17)11-12-7-9-13(10-8-12)18(19,20)21/h3-10H,2,11H2,1H3. The van der Waals surface area contributed by atoms with Crippen molar-refractivity contribution < 1.29 is 17.9 Å². The highest BCUT2D eigenvalue weighted by Gasteiger charge is 2.29. The van der Waals surface area contributed by atoms with Crippen LogP contribution in [0.15, 0.2) is 53.3 Å². The van der Waals surface area contributed by atoms with Crippen molar-refractivity contribution in [2.45, 2.75) is 19.6 Å². The van der Waals surface area contributed by atoms with E-state index < -0.39 is 11.7 Å². The smallest absolute Gasteiger partial charge is 0.416 e. The SMILES string of the molecule is CCOc1nn(Cc2ccc(C(F)(F)F)cc2)c2ccccc2c1=O. The van der Waals surface area contributed by atoms with E-state index in [4.69, 9.17) is 4.74 Å². The zero-order chi connectivity index (χ0) is 18.0. The van der Waals surface area contributed by atoms with E-state index in [1.54, 1.807) is 35.9 Å². The first-order valence-corrected chi connectivity index (χ1v) is 7.69. The molecule has 0 spiro atoms. The fourth-order valence-corrected chi connectivity index (χ4v) is 2.54. The third-order valence-electron chi connectivity index (χ3n) is 3.73. The molecular formula is C18H15F3N2O2. The topological polar surface area (TPSA) is 44.1 Å². The van der Waals surface area contributed by atoms with Gasteiger partial charge in [-0.05, 0) is 36.8 Å². The van der Waals surface area contributed by atoms with Crippen LogP contribution in [0.1, 0.15) is 18.1 Å². The largest absolute Gasteiger partial charge is 0.474 e. The predicted octanol–water partition coefficient (Wildman–Crippen LogP) is 3.86. The van der Waals surface area contributed by atoms with Crippen LogP contribution in [-0.4, -0.2) is 16.4 Å². The Morgan fingerprint density at radius 2 is 1.76 bits per heavy atom. The first-order chi connectivity index (χ1) is 11.9. The Morgan fingerprint density at radius 1 is 1.08 bits per heavy atom. The summed E-state index contributed by atoms with van der Waals surface area (Å²) in [7, 11) is 0. The lowest BCUT2D eigenvalue weighted by Gasteiger charge is -2.13. The monoisotopic (exact) mass is 348 g/mol. The lowest BCUT2D eigenvalue weighted by Crippen LogP contribution is -2.18. The first kappa shape index (κ1) is 17.0. The van der Waals surface area contributed by atoms with Crippen molar-refractivity contribution in [1.82, 2.24) is 9.78 Å². The van der Waals surface area contributed by atoms with Gasteiger partial charge in [-0.3, -0.25) is 9.48 Å². The third-order valence-corrected chi connectivity index (χ3v) is 3.73. The van der Waals surface area contributed by atoms with Gasteiger partial charge in [-0.15, -0.1) is 5.10 Å². The van der Waals surface area contributed by atoms with E-state index in [1.807, 2.05) is 0 Å². The highest BCUT2D eigenvalue weighted by Crippen LogP contribution is 2.29. The average Bonchev–Trinajstić information content (AvgIpc) is 2.59. The number of hydrogen-bond donors (Lipinski definition) is 0. The van der Waals surface area contributed by atoms with Gasteiger partial charge >= 0.3 is 6.18 Å². The lowest BCUT2D eigenvalue weighted by molar-refractivity contribution is -0.137. The van der Waals surface area contributed by atoms with Crippen LogP contribution in [-0.2, 0) is 12.7 Å². The molecule has 0 bridgehead atoms. The van der Waals surface area contributed by atoms with Crippen molar-refractivity contribution >= 4 is 10.9 Å². The normalized spacial score (nSPS) is 11.7. The molecule has 0 N–H and O–H groups in total. The van der Waals surface area contributed by atoms with Gasteiger partial charge in [-0.1, -0.05) is 24.3 Å². The maximum Gasteiger partial charge on any atom is 0.416 e. The van der Waals surface area contributed by atoms with E-state index in [0.29, 0.717) is 23.1 Å². The molecule has 2 aromatic carbocycles. The second kappa shape index (κ2) is 6.58. The molecule has 4 nitrogen and oxygen atoms in total. The van der Waals surface area contributed by atoms with Gasteiger partial charge in [-0.2, -0.15) is 13.2 Å². The van der Waals surface area contributed by atoms with Crippen molar-refractivity contribution in [2.24, 2.45) is 0 Å². The number of fused-ring (bicyclic) bond motifs is 1. The minimum atomic E-state index is -4.37.